The SMILES string of the molecule is CC(C)N(Cc1ccc(Cl)c(Cl)c1)C(=O)COC(C)(C)C. The summed E-state index contributed by atoms with van der Waals surface area (Å²) in [6.07, 6.45) is 0. The Morgan fingerprint density at radius 2 is 1.86 bits per heavy atom. The van der Waals surface area contributed by atoms with Crippen LogP contribution in [-0.4, -0.2) is 29.1 Å². The zero-order chi connectivity index (χ0) is 16.2. The number of carbonyl (C=O) groups is 1. The van der Waals surface area contributed by atoms with Gasteiger partial charge in [0.15, 0.2) is 0 Å². The highest BCUT2D eigenvalue weighted by Gasteiger charge is 2.20. The van der Waals surface area contributed by atoms with Crippen molar-refractivity contribution in [2.75, 3.05) is 6.61 Å². The molecule has 0 N–H and O–H groups in total. The third kappa shape index (κ3) is 6.25. The van der Waals surface area contributed by atoms with E-state index in [4.69, 9.17) is 27.9 Å². The van der Waals surface area contributed by atoms with Crippen LogP contribution in [0, 0.1) is 0 Å². The van der Waals surface area contributed by atoms with Gasteiger partial charge in [-0.25, -0.2) is 0 Å². The summed E-state index contributed by atoms with van der Waals surface area (Å²) >= 11 is 11.9. The van der Waals surface area contributed by atoms with E-state index in [-0.39, 0.29) is 24.2 Å². The molecule has 0 spiro atoms. The number of hydrogen-bond donors (Lipinski definition) is 0. The molecule has 0 unspecified atom stereocenters. The molecule has 1 amide bonds. The summed E-state index contributed by atoms with van der Waals surface area (Å²) in [7, 11) is 0. The van der Waals surface area contributed by atoms with Crippen molar-refractivity contribution in [2.45, 2.75) is 52.8 Å². The van der Waals surface area contributed by atoms with Crippen molar-refractivity contribution in [2.24, 2.45) is 0 Å². The van der Waals surface area contributed by atoms with Crippen LogP contribution in [0.25, 0.3) is 0 Å². The maximum atomic E-state index is 12.3. The third-order valence-electron chi connectivity index (χ3n) is 2.91. The molecule has 0 saturated carbocycles. The quantitative estimate of drug-likeness (QED) is 0.792. The molecule has 1 aromatic rings. The highest BCUT2D eigenvalue weighted by Crippen LogP contribution is 2.23. The number of ether oxygens (including phenoxy) is 1. The molecule has 0 aromatic heterocycles. The minimum absolute atomic E-state index is 0.0361. The fraction of sp³-hybridized carbons (Fsp3) is 0.562. The number of amides is 1. The van der Waals surface area contributed by atoms with Crippen molar-refractivity contribution in [3.8, 4) is 0 Å². The number of hydrogen-bond acceptors (Lipinski definition) is 2. The number of carbonyl (C=O) groups excluding carboxylic acids is 1. The second-order valence-corrected chi connectivity index (χ2v) is 7.08. The summed E-state index contributed by atoms with van der Waals surface area (Å²) in [5.41, 5.74) is 0.615. The first kappa shape index (κ1) is 18.3. The van der Waals surface area contributed by atoms with Crippen molar-refractivity contribution in [3.05, 3.63) is 33.8 Å². The van der Waals surface area contributed by atoms with E-state index in [1.54, 1.807) is 17.0 Å². The summed E-state index contributed by atoms with van der Waals surface area (Å²) in [5.74, 6) is -0.0361. The van der Waals surface area contributed by atoms with E-state index in [9.17, 15) is 4.79 Å². The molecule has 0 heterocycles. The van der Waals surface area contributed by atoms with Crippen LogP contribution in [0.2, 0.25) is 10.0 Å². The average molecular weight is 332 g/mol. The van der Waals surface area contributed by atoms with Crippen molar-refractivity contribution in [1.29, 1.82) is 0 Å². The van der Waals surface area contributed by atoms with Crippen LogP contribution in [0.1, 0.15) is 40.2 Å². The van der Waals surface area contributed by atoms with Gasteiger partial charge in [-0.05, 0) is 52.3 Å². The first-order valence-corrected chi connectivity index (χ1v) is 7.73. The molecule has 21 heavy (non-hydrogen) atoms. The molecule has 0 saturated heterocycles. The van der Waals surface area contributed by atoms with Crippen LogP contribution < -0.4 is 0 Å². The standard InChI is InChI=1S/C16H23Cl2NO2/c1-11(2)19(15(20)10-21-16(3,4)5)9-12-6-7-13(17)14(18)8-12/h6-8,11H,9-10H2,1-5H3. The monoisotopic (exact) mass is 331 g/mol. The Labute approximate surface area is 137 Å². The summed E-state index contributed by atoms with van der Waals surface area (Å²) in [6, 6.07) is 5.49. The number of benzene rings is 1. The van der Waals surface area contributed by atoms with E-state index < -0.39 is 0 Å². The second kappa shape index (κ2) is 7.48. The fourth-order valence-electron chi connectivity index (χ4n) is 1.75. The van der Waals surface area contributed by atoms with Gasteiger partial charge in [-0.2, -0.15) is 0 Å². The number of rotatable bonds is 5. The summed E-state index contributed by atoms with van der Waals surface area (Å²) < 4.78 is 5.56. The highest BCUT2D eigenvalue weighted by atomic mass is 35.5. The van der Waals surface area contributed by atoms with Crippen LogP contribution >= 0.6 is 23.2 Å². The topological polar surface area (TPSA) is 29.5 Å². The highest BCUT2D eigenvalue weighted by molar-refractivity contribution is 6.42. The lowest BCUT2D eigenvalue weighted by molar-refractivity contribution is -0.143. The van der Waals surface area contributed by atoms with Crippen molar-refractivity contribution < 1.29 is 9.53 Å². The van der Waals surface area contributed by atoms with Crippen molar-refractivity contribution >= 4 is 29.1 Å². The van der Waals surface area contributed by atoms with Gasteiger partial charge in [-0.15, -0.1) is 0 Å². The first-order valence-electron chi connectivity index (χ1n) is 6.97. The number of nitrogens with zero attached hydrogens (tertiary/aromatic N) is 1. The van der Waals surface area contributed by atoms with E-state index in [1.165, 1.54) is 0 Å². The van der Waals surface area contributed by atoms with Crippen LogP contribution in [0.5, 0.6) is 0 Å². The summed E-state index contributed by atoms with van der Waals surface area (Å²) in [4.78, 5) is 14.1. The van der Waals surface area contributed by atoms with Crippen LogP contribution in [0.4, 0.5) is 0 Å². The lowest BCUT2D eigenvalue weighted by Crippen LogP contribution is -2.40. The van der Waals surface area contributed by atoms with E-state index in [2.05, 4.69) is 0 Å². The van der Waals surface area contributed by atoms with E-state index in [0.29, 0.717) is 16.6 Å². The summed E-state index contributed by atoms with van der Waals surface area (Å²) in [5, 5.41) is 1.01. The van der Waals surface area contributed by atoms with Gasteiger partial charge in [-0.3, -0.25) is 4.79 Å². The minimum Gasteiger partial charge on any atom is -0.366 e. The van der Waals surface area contributed by atoms with Crippen LogP contribution in [0.3, 0.4) is 0 Å². The molecule has 0 aliphatic carbocycles. The van der Waals surface area contributed by atoms with Crippen LogP contribution in [0.15, 0.2) is 18.2 Å². The van der Waals surface area contributed by atoms with Crippen molar-refractivity contribution in [1.82, 2.24) is 4.90 Å². The van der Waals surface area contributed by atoms with E-state index in [1.807, 2.05) is 40.7 Å². The molecular weight excluding hydrogens is 309 g/mol. The summed E-state index contributed by atoms with van der Waals surface area (Å²) in [6.45, 7) is 10.3. The Balaban J connectivity index is 2.77. The Morgan fingerprint density at radius 1 is 1.24 bits per heavy atom. The van der Waals surface area contributed by atoms with Gasteiger partial charge in [0.2, 0.25) is 5.91 Å². The molecule has 5 heteroatoms. The van der Waals surface area contributed by atoms with E-state index >= 15 is 0 Å². The lowest BCUT2D eigenvalue weighted by Gasteiger charge is -2.29. The van der Waals surface area contributed by atoms with Crippen LogP contribution in [-0.2, 0) is 16.1 Å². The Kier molecular flexibility index (Phi) is 6.51. The second-order valence-electron chi connectivity index (χ2n) is 6.26. The number of halogens is 2. The molecule has 118 valence electrons. The fourth-order valence-corrected chi connectivity index (χ4v) is 2.08. The predicted octanol–water partition coefficient (Wildman–Crippen LogP) is 4.55. The molecule has 0 bridgehead atoms. The maximum absolute atomic E-state index is 12.3. The van der Waals surface area contributed by atoms with Gasteiger partial charge in [0.25, 0.3) is 0 Å². The predicted molar refractivity (Wildman–Crippen MR) is 87.9 cm³/mol. The molecule has 0 atom stereocenters. The Hall–Kier alpha value is -0.770. The lowest BCUT2D eigenvalue weighted by atomic mass is 10.2. The van der Waals surface area contributed by atoms with Gasteiger partial charge in [0, 0.05) is 12.6 Å². The van der Waals surface area contributed by atoms with Gasteiger partial charge in [-0.1, -0.05) is 29.3 Å². The molecule has 0 fully saturated rings. The van der Waals surface area contributed by atoms with E-state index in [0.717, 1.165) is 5.56 Å². The van der Waals surface area contributed by atoms with Gasteiger partial charge < -0.3 is 9.64 Å². The molecular formula is C16H23Cl2NO2. The van der Waals surface area contributed by atoms with Gasteiger partial charge in [0.1, 0.15) is 6.61 Å². The average Bonchev–Trinajstić information content (AvgIpc) is 2.36. The maximum Gasteiger partial charge on any atom is 0.249 e. The van der Waals surface area contributed by atoms with Crippen molar-refractivity contribution in [3.63, 3.8) is 0 Å². The molecule has 0 radical (unpaired) electrons. The zero-order valence-corrected chi connectivity index (χ0v) is 14.8. The molecule has 3 nitrogen and oxygen atoms in total. The van der Waals surface area contributed by atoms with Gasteiger partial charge in [0.05, 0.1) is 15.6 Å². The third-order valence-corrected chi connectivity index (χ3v) is 3.65. The molecule has 1 rings (SSSR count). The first-order chi connectivity index (χ1) is 9.60. The molecule has 1 aromatic carbocycles. The smallest absolute Gasteiger partial charge is 0.249 e. The Bertz CT molecular complexity index is 496. The Morgan fingerprint density at radius 3 is 2.33 bits per heavy atom. The normalized spacial score (nSPS) is 11.8. The molecule has 0 aliphatic rings. The zero-order valence-electron chi connectivity index (χ0n) is 13.2. The largest absolute Gasteiger partial charge is 0.366 e. The van der Waals surface area contributed by atoms with Gasteiger partial charge >= 0.3 is 0 Å². The molecule has 0 aliphatic heterocycles. The minimum atomic E-state index is -0.331.